The molecule has 0 saturated carbocycles. The molecule has 15 heteroatoms. The number of anilines is 1. The molecule has 1 aliphatic heterocycles. The van der Waals surface area contributed by atoms with E-state index in [1.807, 2.05) is 18.7 Å². The van der Waals surface area contributed by atoms with E-state index in [1.165, 1.54) is 48.3 Å². The van der Waals surface area contributed by atoms with Gasteiger partial charge in [-0.1, -0.05) is 19.9 Å². The molecule has 1 saturated heterocycles. The molecule has 0 unspecified atom stereocenters. The van der Waals surface area contributed by atoms with E-state index in [9.17, 15) is 28.0 Å². The highest BCUT2D eigenvalue weighted by Gasteiger charge is 2.27. The van der Waals surface area contributed by atoms with Crippen molar-refractivity contribution in [2.45, 2.75) is 53.5 Å². The number of rotatable bonds is 8. The number of benzene rings is 2. The van der Waals surface area contributed by atoms with E-state index in [4.69, 9.17) is 9.47 Å². The second kappa shape index (κ2) is 18.1. The van der Waals surface area contributed by atoms with Gasteiger partial charge in [0.25, 0.3) is 11.5 Å². The topological polar surface area (TPSA) is 125 Å². The number of hydrogen-bond acceptors (Lipinski definition) is 8. The zero-order chi connectivity index (χ0) is 37.1. The van der Waals surface area contributed by atoms with Gasteiger partial charge in [-0.05, 0) is 62.2 Å². The molecule has 50 heavy (non-hydrogen) atoms. The molecule has 4 aromatic rings. The fraction of sp³-hybridized carbons (Fsp3) is 0.400. The number of ether oxygens (including phenoxy) is 2. The van der Waals surface area contributed by atoms with Crippen molar-refractivity contribution >= 4 is 28.5 Å². The van der Waals surface area contributed by atoms with E-state index >= 15 is 8.78 Å². The molecule has 0 spiro atoms. The first-order valence-corrected chi connectivity index (χ1v) is 16.1. The summed E-state index contributed by atoms with van der Waals surface area (Å²) < 4.78 is 63.8. The molecule has 270 valence electrons. The molecule has 0 aliphatic carbocycles. The molecular formula is C35H41F4N5O6. The van der Waals surface area contributed by atoms with Gasteiger partial charge in [-0.15, -0.1) is 0 Å². The van der Waals surface area contributed by atoms with Gasteiger partial charge in [-0.3, -0.25) is 19.1 Å². The Kier molecular flexibility index (Phi) is 14.2. The van der Waals surface area contributed by atoms with Gasteiger partial charge in [0.2, 0.25) is 6.43 Å². The minimum Gasteiger partial charge on any atom is -0.464 e. The molecule has 5 rings (SSSR count). The number of nitrogens with zero attached hydrogens (tertiary/aromatic N) is 4. The van der Waals surface area contributed by atoms with E-state index in [-0.39, 0.29) is 35.2 Å². The minimum absolute atomic E-state index is 0.0177. The van der Waals surface area contributed by atoms with Gasteiger partial charge >= 0.3 is 11.7 Å². The minimum atomic E-state index is -2.17. The van der Waals surface area contributed by atoms with Gasteiger partial charge in [0.1, 0.15) is 17.7 Å². The van der Waals surface area contributed by atoms with E-state index in [0.29, 0.717) is 43.1 Å². The zero-order valence-corrected chi connectivity index (χ0v) is 28.8. The van der Waals surface area contributed by atoms with Crippen molar-refractivity contribution in [2.75, 3.05) is 37.8 Å². The second-order valence-electron chi connectivity index (χ2n) is 10.9. The lowest BCUT2D eigenvalue weighted by Crippen LogP contribution is -2.44. The standard InChI is InChI=1S/C31H31F2N5O6.C2H4F2.C2H6/c1-4-44-30(41)24(35-28(39)27-18(2)13-20(16-23(27)33)37-9-11-43-12-10-37)15-19-5-6-25(22(32)14-19)38-29(40)21-7-8-34-17-26(21)36(3)31(38)42;1-2(3)4;1-2/h5-8,13-14,16-17,24H,4,9-12,15H2,1-3H3,(H,35,39);2H,1H3;1-2H3/t24-;;/m0../s1. The summed E-state index contributed by atoms with van der Waals surface area (Å²) in [5.41, 5.74) is -0.436. The highest BCUT2D eigenvalue weighted by atomic mass is 19.3. The van der Waals surface area contributed by atoms with Gasteiger partial charge in [-0.2, -0.15) is 0 Å². The number of hydrogen-bond donors (Lipinski definition) is 1. The molecule has 11 nitrogen and oxygen atoms in total. The molecule has 1 fully saturated rings. The molecule has 3 heterocycles. The predicted molar refractivity (Wildman–Crippen MR) is 181 cm³/mol. The lowest BCUT2D eigenvalue weighted by atomic mass is 10.0. The maximum absolute atomic E-state index is 15.5. The van der Waals surface area contributed by atoms with Crippen LogP contribution in [0.5, 0.6) is 0 Å². The maximum atomic E-state index is 15.5. The number of esters is 1. The number of carbonyl (C=O) groups is 2. The normalized spacial score (nSPS) is 13.1. The maximum Gasteiger partial charge on any atom is 0.336 e. The Morgan fingerprint density at radius 1 is 1.04 bits per heavy atom. The van der Waals surface area contributed by atoms with Gasteiger partial charge in [-0.25, -0.2) is 31.7 Å². The average molecular weight is 704 g/mol. The van der Waals surface area contributed by atoms with Gasteiger partial charge < -0.3 is 19.7 Å². The number of nitrogens with one attached hydrogen (secondary N) is 1. The summed E-state index contributed by atoms with van der Waals surface area (Å²) in [4.78, 5) is 58.1. The molecule has 0 bridgehead atoms. The quantitative estimate of drug-likeness (QED) is 0.207. The van der Waals surface area contributed by atoms with Crippen LogP contribution in [0.25, 0.3) is 16.6 Å². The molecule has 0 radical (unpaired) electrons. The summed E-state index contributed by atoms with van der Waals surface area (Å²) in [6.45, 7) is 10.3. The summed E-state index contributed by atoms with van der Waals surface area (Å²) in [6, 6.07) is 6.88. The lowest BCUT2D eigenvalue weighted by Gasteiger charge is -2.29. The van der Waals surface area contributed by atoms with Crippen LogP contribution < -0.4 is 21.5 Å². The van der Waals surface area contributed by atoms with E-state index in [1.54, 1.807) is 19.9 Å². The number of fused-ring (bicyclic) bond motifs is 1. The number of aromatic nitrogens is 3. The van der Waals surface area contributed by atoms with Crippen LogP contribution in [0.2, 0.25) is 0 Å². The van der Waals surface area contributed by atoms with Crippen LogP contribution in [0.3, 0.4) is 0 Å². The first-order chi connectivity index (χ1) is 23.8. The Bertz CT molecular complexity index is 1900. The molecular weight excluding hydrogens is 662 g/mol. The van der Waals surface area contributed by atoms with Gasteiger partial charge in [0.15, 0.2) is 0 Å². The van der Waals surface area contributed by atoms with Crippen LogP contribution in [-0.2, 0) is 27.7 Å². The molecule has 2 aromatic carbocycles. The number of halogens is 4. The summed E-state index contributed by atoms with van der Waals surface area (Å²) in [5, 5.41) is 2.71. The van der Waals surface area contributed by atoms with Crippen molar-refractivity contribution < 1.29 is 36.6 Å². The zero-order valence-electron chi connectivity index (χ0n) is 28.8. The summed E-state index contributed by atoms with van der Waals surface area (Å²) in [6.07, 6.45) is 0.399. The predicted octanol–water partition coefficient (Wildman–Crippen LogP) is 4.71. The number of alkyl halides is 2. The van der Waals surface area contributed by atoms with Gasteiger partial charge in [0, 0.05) is 38.4 Å². The molecule has 1 amide bonds. The first kappa shape index (κ1) is 39.4. The SMILES string of the molecule is CC.CC(F)F.CCOC(=O)[C@H](Cc1ccc(-n2c(=O)c3ccncc3n(C)c2=O)c(F)c1)NC(=O)c1c(C)cc(N2CCOCC2)cc1F. The second-order valence-corrected chi connectivity index (χ2v) is 10.9. The Hall–Kier alpha value is -5.05. The average Bonchev–Trinajstić information content (AvgIpc) is 3.08. The third kappa shape index (κ3) is 9.34. The van der Waals surface area contributed by atoms with Crippen LogP contribution in [0.4, 0.5) is 23.2 Å². The fourth-order valence-corrected chi connectivity index (χ4v) is 5.29. The van der Waals surface area contributed by atoms with Crippen molar-refractivity contribution in [3.8, 4) is 5.69 Å². The van der Waals surface area contributed by atoms with Crippen LogP contribution in [0, 0.1) is 18.6 Å². The molecule has 1 aliphatic rings. The Balaban J connectivity index is 0.00000105. The third-order valence-electron chi connectivity index (χ3n) is 7.52. The smallest absolute Gasteiger partial charge is 0.336 e. The lowest BCUT2D eigenvalue weighted by molar-refractivity contribution is -0.145. The largest absolute Gasteiger partial charge is 0.464 e. The third-order valence-corrected chi connectivity index (χ3v) is 7.52. The Labute approximate surface area is 286 Å². The highest BCUT2D eigenvalue weighted by Crippen LogP contribution is 2.24. The number of amides is 1. The van der Waals surface area contributed by atoms with Crippen molar-refractivity contribution in [1.29, 1.82) is 0 Å². The van der Waals surface area contributed by atoms with E-state index < -0.39 is 47.2 Å². The molecule has 1 N–H and O–H groups in total. The Morgan fingerprint density at radius 3 is 2.30 bits per heavy atom. The van der Waals surface area contributed by atoms with E-state index in [0.717, 1.165) is 17.6 Å². The molecule has 1 atom stereocenters. The van der Waals surface area contributed by atoms with Crippen molar-refractivity contribution in [2.24, 2.45) is 7.05 Å². The van der Waals surface area contributed by atoms with Crippen LogP contribution >= 0.6 is 0 Å². The van der Waals surface area contributed by atoms with Crippen LogP contribution in [0.1, 0.15) is 49.2 Å². The highest BCUT2D eigenvalue weighted by molar-refractivity contribution is 5.98. The molecule has 2 aromatic heterocycles. The van der Waals surface area contributed by atoms with Crippen LogP contribution in [0.15, 0.2) is 58.4 Å². The number of morpholine rings is 1. The van der Waals surface area contributed by atoms with Crippen molar-refractivity contribution in [1.82, 2.24) is 19.4 Å². The monoisotopic (exact) mass is 703 g/mol. The number of aryl methyl sites for hydroxylation is 2. The van der Waals surface area contributed by atoms with Crippen molar-refractivity contribution in [3.63, 3.8) is 0 Å². The van der Waals surface area contributed by atoms with E-state index in [2.05, 4.69) is 10.3 Å². The summed E-state index contributed by atoms with van der Waals surface area (Å²) in [7, 11) is 1.45. The van der Waals surface area contributed by atoms with Crippen molar-refractivity contribution in [3.05, 3.63) is 98.0 Å². The van der Waals surface area contributed by atoms with Crippen LogP contribution in [-0.4, -0.2) is 71.4 Å². The fourth-order valence-electron chi connectivity index (χ4n) is 5.29. The Morgan fingerprint density at radius 2 is 1.70 bits per heavy atom. The summed E-state index contributed by atoms with van der Waals surface area (Å²) >= 11 is 0. The van der Waals surface area contributed by atoms with Gasteiger partial charge in [0.05, 0.1) is 48.2 Å². The number of pyridine rings is 1. The number of carbonyl (C=O) groups excluding carboxylic acids is 2. The summed E-state index contributed by atoms with van der Waals surface area (Å²) in [5.74, 6) is -3.27. The first-order valence-electron chi connectivity index (χ1n) is 16.1.